The van der Waals surface area contributed by atoms with Crippen molar-refractivity contribution in [1.29, 1.82) is 0 Å². The van der Waals surface area contributed by atoms with Crippen LogP contribution in [0.3, 0.4) is 0 Å². The van der Waals surface area contributed by atoms with Gasteiger partial charge < -0.3 is 29.6 Å². The van der Waals surface area contributed by atoms with Crippen LogP contribution in [-0.4, -0.2) is 50.0 Å². The number of fused-ring (bicyclic) bond motifs is 1. The van der Waals surface area contributed by atoms with Gasteiger partial charge in [0.2, 0.25) is 11.7 Å². The fourth-order valence-electron chi connectivity index (χ4n) is 3.72. The first-order valence-corrected chi connectivity index (χ1v) is 10.3. The highest BCUT2D eigenvalue weighted by atomic mass is 16.5. The zero-order valence-corrected chi connectivity index (χ0v) is 19.5. The topological polar surface area (TPSA) is 91.7 Å². The number of hydrogen-bond acceptors (Lipinski definition) is 8. The quantitative estimate of drug-likeness (QED) is 0.405. The highest BCUT2D eigenvalue weighted by Gasteiger charge is 2.19. The predicted molar refractivity (Wildman–Crippen MR) is 129 cm³/mol. The van der Waals surface area contributed by atoms with E-state index in [0.717, 1.165) is 33.7 Å². The van der Waals surface area contributed by atoms with Crippen LogP contribution in [0.25, 0.3) is 16.7 Å². The molecule has 0 amide bonds. The maximum Gasteiger partial charge on any atom is 0.208 e. The molecule has 0 aliphatic rings. The zero-order chi connectivity index (χ0) is 23.5. The van der Waals surface area contributed by atoms with Gasteiger partial charge in [0.25, 0.3) is 0 Å². The van der Waals surface area contributed by atoms with Crippen molar-refractivity contribution in [1.82, 2.24) is 14.5 Å². The molecule has 0 bridgehead atoms. The number of hydrogen-bond donors (Lipinski definition) is 2. The minimum absolute atomic E-state index is 0.526. The van der Waals surface area contributed by atoms with Crippen LogP contribution in [0.5, 0.6) is 23.0 Å². The van der Waals surface area contributed by atoms with Crippen molar-refractivity contribution in [2.45, 2.75) is 6.92 Å². The molecule has 33 heavy (non-hydrogen) atoms. The number of aromatic nitrogens is 3. The minimum Gasteiger partial charge on any atom is -0.497 e. The lowest BCUT2D eigenvalue weighted by Gasteiger charge is -2.16. The van der Waals surface area contributed by atoms with Crippen molar-refractivity contribution in [3.63, 3.8) is 0 Å². The third-order valence-corrected chi connectivity index (χ3v) is 5.37. The first-order chi connectivity index (χ1) is 16.0. The van der Waals surface area contributed by atoms with Gasteiger partial charge in [-0.15, -0.1) is 0 Å². The van der Waals surface area contributed by atoms with Gasteiger partial charge in [0, 0.05) is 30.9 Å². The molecule has 172 valence electrons. The van der Waals surface area contributed by atoms with E-state index in [2.05, 4.69) is 20.6 Å². The Kier molecular flexibility index (Phi) is 6.12. The molecule has 2 aromatic carbocycles. The third-order valence-electron chi connectivity index (χ3n) is 5.37. The molecular weight excluding hydrogens is 422 g/mol. The molecule has 0 aliphatic carbocycles. The fraction of sp³-hybridized carbons (Fsp3) is 0.250. The number of rotatable bonds is 8. The van der Waals surface area contributed by atoms with E-state index in [0.29, 0.717) is 29.0 Å². The van der Waals surface area contributed by atoms with Crippen molar-refractivity contribution in [3.05, 3.63) is 48.2 Å². The van der Waals surface area contributed by atoms with Crippen molar-refractivity contribution in [2.24, 2.45) is 0 Å². The largest absolute Gasteiger partial charge is 0.497 e. The van der Waals surface area contributed by atoms with Gasteiger partial charge >= 0.3 is 0 Å². The zero-order valence-electron chi connectivity index (χ0n) is 19.5. The summed E-state index contributed by atoms with van der Waals surface area (Å²) in [5, 5.41) is 6.54. The van der Waals surface area contributed by atoms with Gasteiger partial charge in [0.05, 0.1) is 45.8 Å². The number of benzene rings is 2. The van der Waals surface area contributed by atoms with Gasteiger partial charge in [-0.2, -0.15) is 0 Å². The molecular formula is C24H27N5O4. The summed E-state index contributed by atoms with van der Waals surface area (Å²) < 4.78 is 23.8. The molecule has 2 heterocycles. The molecule has 0 saturated carbocycles. The maximum absolute atomic E-state index is 5.54. The van der Waals surface area contributed by atoms with E-state index in [4.69, 9.17) is 18.9 Å². The van der Waals surface area contributed by atoms with Crippen LogP contribution in [0.15, 0.2) is 42.6 Å². The number of imidazole rings is 1. The average molecular weight is 450 g/mol. The Labute approximate surface area is 192 Å². The van der Waals surface area contributed by atoms with E-state index in [9.17, 15) is 0 Å². The Bertz CT molecular complexity index is 1280. The summed E-state index contributed by atoms with van der Waals surface area (Å²) in [5.74, 6) is 3.78. The number of pyridine rings is 1. The first-order valence-electron chi connectivity index (χ1n) is 10.3. The van der Waals surface area contributed by atoms with Crippen LogP contribution >= 0.6 is 0 Å². The first kappa shape index (κ1) is 22.1. The van der Waals surface area contributed by atoms with Crippen LogP contribution in [0.2, 0.25) is 0 Å². The van der Waals surface area contributed by atoms with Gasteiger partial charge in [0.15, 0.2) is 11.5 Å². The van der Waals surface area contributed by atoms with Crippen molar-refractivity contribution in [3.8, 4) is 28.7 Å². The molecule has 0 fully saturated rings. The van der Waals surface area contributed by atoms with Gasteiger partial charge in [-0.25, -0.2) is 9.97 Å². The second-order valence-electron chi connectivity index (χ2n) is 7.27. The molecule has 0 atom stereocenters. The van der Waals surface area contributed by atoms with Crippen LogP contribution in [-0.2, 0) is 0 Å². The summed E-state index contributed by atoms with van der Waals surface area (Å²) >= 11 is 0. The maximum atomic E-state index is 5.54. The number of ether oxygens (including phenoxy) is 4. The van der Waals surface area contributed by atoms with Crippen molar-refractivity contribution >= 4 is 28.5 Å². The predicted octanol–water partition coefficient (Wildman–Crippen LogP) is 4.55. The monoisotopic (exact) mass is 449 g/mol. The van der Waals surface area contributed by atoms with Crippen molar-refractivity contribution < 1.29 is 18.9 Å². The third kappa shape index (κ3) is 4.05. The molecule has 4 aromatic rings. The average Bonchev–Trinajstić information content (AvgIpc) is 3.22. The van der Waals surface area contributed by atoms with E-state index in [1.807, 2.05) is 54.9 Å². The smallest absolute Gasteiger partial charge is 0.208 e. The fourth-order valence-corrected chi connectivity index (χ4v) is 3.72. The summed E-state index contributed by atoms with van der Waals surface area (Å²) in [6.07, 6.45) is 1.74. The Morgan fingerprint density at radius 3 is 2.18 bits per heavy atom. The molecule has 0 radical (unpaired) electrons. The molecule has 9 nitrogen and oxygen atoms in total. The number of anilines is 3. The van der Waals surface area contributed by atoms with E-state index in [1.165, 1.54) is 0 Å². The van der Waals surface area contributed by atoms with Gasteiger partial charge in [0.1, 0.15) is 17.1 Å². The van der Waals surface area contributed by atoms with Crippen molar-refractivity contribution in [2.75, 3.05) is 46.1 Å². The van der Waals surface area contributed by atoms with E-state index in [-0.39, 0.29) is 0 Å². The molecule has 9 heteroatoms. The van der Waals surface area contributed by atoms with E-state index >= 15 is 0 Å². The number of nitrogens with one attached hydrogen (secondary N) is 2. The highest BCUT2D eigenvalue weighted by Crippen LogP contribution is 2.41. The Morgan fingerprint density at radius 1 is 0.879 bits per heavy atom. The molecule has 2 aromatic heterocycles. The SMILES string of the molecule is CNc1nc2cnc(Nc3ccc(OC)cc3C)cc2n1-c1cc(OC)c(OC)c(OC)c1. The summed E-state index contributed by atoms with van der Waals surface area (Å²) in [4.78, 5) is 9.23. The Hall–Kier alpha value is -4.14. The van der Waals surface area contributed by atoms with E-state index < -0.39 is 0 Å². The number of aryl methyl sites for hydroxylation is 1. The summed E-state index contributed by atoms with van der Waals surface area (Å²) in [6.45, 7) is 2.02. The molecule has 0 aliphatic heterocycles. The minimum atomic E-state index is 0.526. The number of nitrogens with zero attached hydrogens (tertiary/aromatic N) is 3. The molecule has 4 rings (SSSR count). The van der Waals surface area contributed by atoms with Gasteiger partial charge in [-0.05, 0) is 30.7 Å². The molecule has 0 spiro atoms. The Balaban J connectivity index is 1.84. The number of methoxy groups -OCH3 is 4. The normalized spacial score (nSPS) is 10.7. The van der Waals surface area contributed by atoms with Crippen LogP contribution < -0.4 is 29.6 Å². The second-order valence-corrected chi connectivity index (χ2v) is 7.27. The van der Waals surface area contributed by atoms with Crippen LogP contribution in [0, 0.1) is 6.92 Å². The standard InChI is InChI=1S/C24H27N5O4/c1-14-9-16(30-3)7-8-17(14)27-22-12-19-18(13-26-22)28-24(25-2)29(19)15-10-20(31-4)23(33-6)21(11-15)32-5/h7-13H,1-6H3,(H,25,28)(H,26,27). The van der Waals surface area contributed by atoms with Crippen LogP contribution in [0.4, 0.5) is 17.5 Å². The van der Waals surface area contributed by atoms with Gasteiger partial charge in [-0.1, -0.05) is 0 Å². The van der Waals surface area contributed by atoms with Gasteiger partial charge in [-0.3, -0.25) is 4.57 Å². The summed E-state index contributed by atoms with van der Waals surface area (Å²) in [6, 6.07) is 11.6. The van der Waals surface area contributed by atoms with E-state index in [1.54, 1.807) is 34.6 Å². The lowest BCUT2D eigenvalue weighted by Crippen LogP contribution is -2.04. The van der Waals surface area contributed by atoms with Crippen LogP contribution in [0.1, 0.15) is 5.56 Å². The highest BCUT2D eigenvalue weighted by molar-refractivity contribution is 5.84. The Morgan fingerprint density at radius 2 is 1.61 bits per heavy atom. The summed E-state index contributed by atoms with van der Waals surface area (Å²) in [5.41, 5.74) is 4.39. The molecule has 0 unspecified atom stereocenters. The lowest BCUT2D eigenvalue weighted by atomic mass is 10.2. The molecule has 2 N–H and O–H groups in total. The summed E-state index contributed by atoms with van der Waals surface area (Å²) in [7, 11) is 8.24. The lowest BCUT2D eigenvalue weighted by molar-refractivity contribution is 0.324. The molecule has 0 saturated heterocycles. The second kappa shape index (κ2) is 9.15.